The number of thioether (sulfide) groups is 1. The molecule has 4 rings (SSSR count). The van der Waals surface area contributed by atoms with Gasteiger partial charge in [0.15, 0.2) is 0 Å². The van der Waals surface area contributed by atoms with E-state index < -0.39 is 0 Å². The SMILES string of the molecule is CSc1cn(-c2ncc(Br)cn2)c2cc(C3CN(C=O)CCO3)ccc12. The third-order valence-electron chi connectivity index (χ3n) is 4.45. The molecule has 6 nitrogen and oxygen atoms in total. The van der Waals surface area contributed by atoms with E-state index in [1.807, 2.05) is 4.57 Å². The van der Waals surface area contributed by atoms with Gasteiger partial charge in [0.2, 0.25) is 12.4 Å². The molecule has 8 heteroatoms. The lowest BCUT2D eigenvalue weighted by molar-refractivity contribution is -0.125. The molecular formula is C18H17BrN4O2S. The summed E-state index contributed by atoms with van der Waals surface area (Å²) in [5.74, 6) is 0.620. The fourth-order valence-electron chi connectivity index (χ4n) is 3.14. The Bertz CT molecular complexity index is 944. The summed E-state index contributed by atoms with van der Waals surface area (Å²) in [4.78, 5) is 22.9. The van der Waals surface area contributed by atoms with Crippen LogP contribution in [-0.4, -0.2) is 51.8 Å². The van der Waals surface area contributed by atoms with Gasteiger partial charge in [0.25, 0.3) is 0 Å². The van der Waals surface area contributed by atoms with Gasteiger partial charge in [0.05, 0.1) is 23.1 Å². The van der Waals surface area contributed by atoms with Gasteiger partial charge in [0, 0.05) is 35.4 Å². The number of aromatic nitrogens is 3. The number of amides is 1. The molecule has 1 aliphatic rings. The smallest absolute Gasteiger partial charge is 0.234 e. The van der Waals surface area contributed by atoms with E-state index in [4.69, 9.17) is 4.74 Å². The molecule has 26 heavy (non-hydrogen) atoms. The Morgan fingerprint density at radius 1 is 1.35 bits per heavy atom. The molecule has 2 aromatic heterocycles. The van der Waals surface area contributed by atoms with Gasteiger partial charge in [-0.3, -0.25) is 9.36 Å². The average molecular weight is 433 g/mol. The number of rotatable bonds is 4. The highest BCUT2D eigenvalue weighted by Crippen LogP contribution is 2.33. The normalized spacial score (nSPS) is 17.6. The predicted octanol–water partition coefficient (Wildman–Crippen LogP) is 3.43. The highest BCUT2D eigenvalue weighted by atomic mass is 79.9. The van der Waals surface area contributed by atoms with Crippen LogP contribution in [-0.2, 0) is 9.53 Å². The van der Waals surface area contributed by atoms with E-state index in [-0.39, 0.29) is 6.10 Å². The van der Waals surface area contributed by atoms with Crippen LogP contribution in [0, 0.1) is 0 Å². The highest BCUT2D eigenvalue weighted by Gasteiger charge is 2.22. The van der Waals surface area contributed by atoms with Gasteiger partial charge in [-0.15, -0.1) is 11.8 Å². The standard InChI is InChI=1S/C18H17BrN4O2S/c1-26-17-10-23(18-20-7-13(19)8-21-18)15-6-12(2-3-14(15)17)16-9-22(11-24)4-5-25-16/h2-3,6-8,10-11,16H,4-5,9H2,1H3. The van der Waals surface area contributed by atoms with Gasteiger partial charge in [-0.2, -0.15) is 0 Å². The van der Waals surface area contributed by atoms with Crippen molar-refractivity contribution < 1.29 is 9.53 Å². The molecule has 3 aromatic rings. The zero-order chi connectivity index (χ0) is 18.1. The number of fused-ring (bicyclic) bond motifs is 1. The summed E-state index contributed by atoms with van der Waals surface area (Å²) >= 11 is 5.07. The molecule has 1 saturated heterocycles. The summed E-state index contributed by atoms with van der Waals surface area (Å²) in [5.41, 5.74) is 2.08. The Hall–Kier alpha value is -1.90. The van der Waals surface area contributed by atoms with Crippen LogP contribution in [0.3, 0.4) is 0 Å². The first-order valence-electron chi connectivity index (χ1n) is 8.17. The van der Waals surface area contributed by atoms with E-state index in [0.29, 0.717) is 25.6 Å². The molecule has 0 aliphatic carbocycles. The number of halogens is 1. The molecule has 0 N–H and O–H groups in total. The second-order valence-corrected chi connectivity index (χ2v) is 7.77. The minimum absolute atomic E-state index is 0.120. The van der Waals surface area contributed by atoms with Crippen LogP contribution in [0.4, 0.5) is 0 Å². The van der Waals surface area contributed by atoms with E-state index in [0.717, 1.165) is 32.2 Å². The number of hydrogen-bond acceptors (Lipinski definition) is 5. The molecule has 1 aliphatic heterocycles. The lowest BCUT2D eigenvalue weighted by Gasteiger charge is -2.30. The van der Waals surface area contributed by atoms with Crippen LogP contribution < -0.4 is 0 Å². The van der Waals surface area contributed by atoms with E-state index in [9.17, 15) is 4.79 Å². The van der Waals surface area contributed by atoms with Crippen molar-refractivity contribution in [3.05, 3.63) is 46.8 Å². The van der Waals surface area contributed by atoms with Crippen molar-refractivity contribution in [3.63, 3.8) is 0 Å². The Balaban J connectivity index is 1.79. The van der Waals surface area contributed by atoms with Gasteiger partial charge in [-0.1, -0.05) is 12.1 Å². The van der Waals surface area contributed by atoms with Gasteiger partial charge < -0.3 is 9.64 Å². The van der Waals surface area contributed by atoms with Crippen molar-refractivity contribution in [3.8, 4) is 5.95 Å². The van der Waals surface area contributed by atoms with Crippen LogP contribution in [0.2, 0.25) is 0 Å². The Kier molecular flexibility index (Phi) is 4.97. The number of nitrogens with zero attached hydrogens (tertiary/aromatic N) is 4. The Labute approximate surface area is 163 Å². The first kappa shape index (κ1) is 17.5. The maximum atomic E-state index is 11.1. The second kappa shape index (κ2) is 7.38. The summed E-state index contributed by atoms with van der Waals surface area (Å²) < 4.78 is 8.73. The van der Waals surface area contributed by atoms with Gasteiger partial charge in [-0.05, 0) is 33.8 Å². The minimum atomic E-state index is -0.120. The fourth-order valence-corrected chi connectivity index (χ4v) is 3.95. The summed E-state index contributed by atoms with van der Waals surface area (Å²) in [5, 5.41) is 1.15. The Morgan fingerprint density at radius 3 is 2.88 bits per heavy atom. The topological polar surface area (TPSA) is 60.2 Å². The molecule has 0 spiro atoms. The van der Waals surface area contributed by atoms with Crippen LogP contribution >= 0.6 is 27.7 Å². The fraction of sp³-hybridized carbons (Fsp3) is 0.278. The molecule has 1 fully saturated rings. The summed E-state index contributed by atoms with van der Waals surface area (Å²) in [6, 6.07) is 6.29. The number of ether oxygens (including phenoxy) is 1. The number of carbonyl (C=O) groups is 1. The van der Waals surface area contributed by atoms with Crippen LogP contribution in [0.1, 0.15) is 11.7 Å². The molecular weight excluding hydrogens is 416 g/mol. The second-order valence-electron chi connectivity index (χ2n) is 6.01. The van der Waals surface area contributed by atoms with Gasteiger partial charge >= 0.3 is 0 Å². The summed E-state index contributed by atoms with van der Waals surface area (Å²) in [7, 11) is 0. The molecule has 0 saturated carbocycles. The molecule has 1 atom stereocenters. The maximum absolute atomic E-state index is 11.1. The number of morpholine rings is 1. The van der Waals surface area contributed by atoms with E-state index in [1.165, 1.54) is 0 Å². The monoisotopic (exact) mass is 432 g/mol. The zero-order valence-corrected chi connectivity index (χ0v) is 16.5. The molecule has 1 unspecified atom stereocenters. The number of hydrogen-bond donors (Lipinski definition) is 0. The molecule has 0 radical (unpaired) electrons. The summed E-state index contributed by atoms with van der Waals surface area (Å²) in [6.07, 6.45) is 8.36. The van der Waals surface area contributed by atoms with Crippen molar-refractivity contribution in [1.29, 1.82) is 0 Å². The minimum Gasteiger partial charge on any atom is -0.370 e. The van der Waals surface area contributed by atoms with Crippen molar-refractivity contribution in [2.24, 2.45) is 0 Å². The Morgan fingerprint density at radius 2 is 2.15 bits per heavy atom. The molecule has 134 valence electrons. The average Bonchev–Trinajstić information content (AvgIpc) is 3.06. The first-order chi connectivity index (χ1) is 12.7. The predicted molar refractivity (Wildman–Crippen MR) is 105 cm³/mol. The van der Waals surface area contributed by atoms with Crippen molar-refractivity contribution in [2.75, 3.05) is 26.0 Å². The first-order valence-corrected chi connectivity index (χ1v) is 10.2. The maximum Gasteiger partial charge on any atom is 0.234 e. The summed E-state index contributed by atoms with van der Waals surface area (Å²) in [6.45, 7) is 1.76. The van der Waals surface area contributed by atoms with Crippen LogP contribution in [0.25, 0.3) is 16.9 Å². The molecule has 0 bridgehead atoms. The highest BCUT2D eigenvalue weighted by molar-refractivity contribution is 9.10. The molecule has 1 amide bonds. The number of benzene rings is 1. The zero-order valence-electron chi connectivity index (χ0n) is 14.1. The van der Waals surface area contributed by atoms with Crippen LogP contribution in [0.15, 0.2) is 46.2 Å². The quantitative estimate of drug-likeness (QED) is 0.466. The lowest BCUT2D eigenvalue weighted by Crippen LogP contribution is -2.37. The van der Waals surface area contributed by atoms with Crippen molar-refractivity contribution >= 4 is 45.0 Å². The van der Waals surface area contributed by atoms with E-state index >= 15 is 0 Å². The van der Waals surface area contributed by atoms with Gasteiger partial charge in [0.1, 0.15) is 6.10 Å². The van der Waals surface area contributed by atoms with Gasteiger partial charge in [-0.25, -0.2) is 9.97 Å². The van der Waals surface area contributed by atoms with E-state index in [1.54, 1.807) is 29.1 Å². The third kappa shape index (κ3) is 3.24. The molecule has 3 heterocycles. The third-order valence-corrected chi connectivity index (χ3v) is 5.63. The molecule has 1 aromatic carbocycles. The van der Waals surface area contributed by atoms with Crippen molar-refractivity contribution in [2.45, 2.75) is 11.0 Å². The van der Waals surface area contributed by atoms with E-state index in [2.05, 4.69) is 56.5 Å². The van der Waals surface area contributed by atoms with Crippen LogP contribution in [0.5, 0.6) is 0 Å². The van der Waals surface area contributed by atoms with Crippen molar-refractivity contribution in [1.82, 2.24) is 19.4 Å². The number of carbonyl (C=O) groups excluding carboxylic acids is 1. The largest absolute Gasteiger partial charge is 0.370 e. The lowest BCUT2D eigenvalue weighted by atomic mass is 10.1.